The van der Waals surface area contributed by atoms with E-state index in [1.54, 1.807) is 0 Å². The van der Waals surface area contributed by atoms with Gasteiger partial charge in [-0.1, -0.05) is 0 Å². The van der Waals surface area contributed by atoms with Crippen molar-refractivity contribution in [1.82, 2.24) is 20.0 Å². The summed E-state index contributed by atoms with van der Waals surface area (Å²) in [5.41, 5.74) is 1.20. The second kappa shape index (κ2) is 6.34. The highest BCUT2D eigenvalue weighted by Gasteiger charge is 2.19. The number of aromatic nitrogens is 2. The first-order chi connectivity index (χ1) is 8.69. The first-order valence-corrected chi connectivity index (χ1v) is 7.10. The van der Waals surface area contributed by atoms with Gasteiger partial charge in [-0.2, -0.15) is 5.10 Å². The zero-order chi connectivity index (χ0) is 13.0. The maximum absolute atomic E-state index is 4.63. The Labute approximate surface area is 110 Å². The van der Waals surface area contributed by atoms with Gasteiger partial charge in [-0.3, -0.25) is 9.58 Å². The van der Waals surface area contributed by atoms with Crippen LogP contribution in [-0.4, -0.2) is 41.4 Å². The van der Waals surface area contributed by atoms with Crippen LogP contribution >= 0.6 is 0 Å². The van der Waals surface area contributed by atoms with E-state index in [-0.39, 0.29) is 0 Å². The van der Waals surface area contributed by atoms with Gasteiger partial charge in [0.15, 0.2) is 0 Å². The summed E-state index contributed by atoms with van der Waals surface area (Å²) in [7, 11) is 2.04. The number of piperidine rings is 1. The molecule has 0 aliphatic carbocycles. The minimum absolute atomic E-state index is 0.456. The SMILES string of the molecule is CNCC1CCCN(Cc2ccn(C(C)C)n2)C1. The molecule has 1 saturated heterocycles. The third-order valence-corrected chi connectivity index (χ3v) is 3.67. The first kappa shape index (κ1) is 13.6. The molecule has 1 aliphatic heterocycles. The molecule has 4 heteroatoms. The van der Waals surface area contributed by atoms with E-state index in [4.69, 9.17) is 0 Å². The lowest BCUT2D eigenvalue weighted by Gasteiger charge is -2.32. The third-order valence-electron chi connectivity index (χ3n) is 3.67. The van der Waals surface area contributed by atoms with Gasteiger partial charge in [-0.25, -0.2) is 0 Å². The van der Waals surface area contributed by atoms with E-state index in [1.165, 1.54) is 31.6 Å². The largest absolute Gasteiger partial charge is 0.319 e. The first-order valence-electron chi connectivity index (χ1n) is 7.10. The average molecular weight is 250 g/mol. The number of hydrogen-bond acceptors (Lipinski definition) is 3. The van der Waals surface area contributed by atoms with E-state index in [9.17, 15) is 0 Å². The normalized spacial score (nSPS) is 21.7. The highest BCUT2D eigenvalue weighted by Crippen LogP contribution is 2.17. The summed E-state index contributed by atoms with van der Waals surface area (Å²) in [6.07, 6.45) is 4.77. The molecule has 0 spiro atoms. The number of nitrogens with zero attached hydrogens (tertiary/aromatic N) is 3. The van der Waals surface area contributed by atoms with Crippen LogP contribution in [0.25, 0.3) is 0 Å². The molecule has 1 aromatic rings. The van der Waals surface area contributed by atoms with Gasteiger partial charge in [0.2, 0.25) is 0 Å². The topological polar surface area (TPSA) is 33.1 Å². The maximum atomic E-state index is 4.63. The summed E-state index contributed by atoms with van der Waals surface area (Å²) in [6.45, 7) is 8.89. The van der Waals surface area contributed by atoms with E-state index in [1.807, 2.05) is 11.7 Å². The van der Waals surface area contributed by atoms with Crippen LogP contribution in [-0.2, 0) is 6.54 Å². The van der Waals surface area contributed by atoms with Crippen molar-refractivity contribution in [3.05, 3.63) is 18.0 Å². The molecule has 18 heavy (non-hydrogen) atoms. The van der Waals surface area contributed by atoms with Gasteiger partial charge >= 0.3 is 0 Å². The minimum Gasteiger partial charge on any atom is -0.319 e. The van der Waals surface area contributed by atoms with Gasteiger partial charge in [0.1, 0.15) is 0 Å². The van der Waals surface area contributed by atoms with Gasteiger partial charge in [0.05, 0.1) is 5.69 Å². The Morgan fingerprint density at radius 3 is 3.00 bits per heavy atom. The van der Waals surface area contributed by atoms with Gasteiger partial charge in [-0.15, -0.1) is 0 Å². The molecule has 0 saturated carbocycles. The number of rotatable bonds is 5. The molecule has 1 unspecified atom stereocenters. The van der Waals surface area contributed by atoms with E-state index in [0.29, 0.717) is 6.04 Å². The lowest BCUT2D eigenvalue weighted by atomic mass is 9.98. The van der Waals surface area contributed by atoms with Crippen LogP contribution in [0.3, 0.4) is 0 Å². The molecule has 2 rings (SSSR count). The van der Waals surface area contributed by atoms with Crippen LogP contribution in [0.1, 0.15) is 38.4 Å². The summed E-state index contributed by atoms with van der Waals surface area (Å²) < 4.78 is 2.05. The number of nitrogens with one attached hydrogen (secondary N) is 1. The molecule has 0 aromatic carbocycles. The molecular weight excluding hydrogens is 224 g/mol. The number of hydrogen-bond donors (Lipinski definition) is 1. The zero-order valence-electron chi connectivity index (χ0n) is 11.9. The van der Waals surface area contributed by atoms with Crippen LogP contribution < -0.4 is 5.32 Å². The van der Waals surface area contributed by atoms with Crippen molar-refractivity contribution >= 4 is 0 Å². The van der Waals surface area contributed by atoms with Crippen molar-refractivity contribution in [3.63, 3.8) is 0 Å². The molecule has 0 bridgehead atoms. The monoisotopic (exact) mass is 250 g/mol. The molecule has 0 radical (unpaired) electrons. The molecular formula is C14H26N4. The molecule has 1 aliphatic rings. The molecule has 4 nitrogen and oxygen atoms in total. The lowest BCUT2D eigenvalue weighted by molar-refractivity contribution is 0.164. The molecule has 2 heterocycles. The third kappa shape index (κ3) is 3.56. The van der Waals surface area contributed by atoms with E-state index in [2.05, 4.69) is 41.4 Å². The Bertz CT molecular complexity index is 356. The molecule has 1 aromatic heterocycles. The fourth-order valence-electron chi connectivity index (χ4n) is 2.73. The van der Waals surface area contributed by atoms with Crippen molar-refractivity contribution in [3.8, 4) is 0 Å². The Morgan fingerprint density at radius 1 is 1.50 bits per heavy atom. The summed E-state index contributed by atoms with van der Waals surface area (Å²) >= 11 is 0. The Morgan fingerprint density at radius 2 is 2.33 bits per heavy atom. The van der Waals surface area contributed by atoms with Gasteiger partial charge in [0.25, 0.3) is 0 Å². The van der Waals surface area contributed by atoms with Crippen LogP contribution in [0.5, 0.6) is 0 Å². The molecule has 1 fully saturated rings. The average Bonchev–Trinajstić information content (AvgIpc) is 2.78. The van der Waals surface area contributed by atoms with E-state index in [0.717, 1.165) is 19.0 Å². The fraction of sp³-hybridized carbons (Fsp3) is 0.786. The highest BCUT2D eigenvalue weighted by molar-refractivity contribution is 5.00. The lowest BCUT2D eigenvalue weighted by Crippen LogP contribution is -2.38. The fourth-order valence-corrected chi connectivity index (χ4v) is 2.73. The summed E-state index contributed by atoms with van der Waals surface area (Å²) in [5.74, 6) is 0.802. The highest BCUT2D eigenvalue weighted by atomic mass is 15.3. The van der Waals surface area contributed by atoms with Crippen LogP contribution in [0.4, 0.5) is 0 Å². The molecule has 1 N–H and O–H groups in total. The second-order valence-electron chi connectivity index (χ2n) is 5.68. The summed E-state index contributed by atoms with van der Waals surface area (Å²) in [6, 6.07) is 2.61. The molecule has 0 amide bonds. The number of likely N-dealkylation sites (tertiary alicyclic amines) is 1. The predicted molar refractivity (Wildman–Crippen MR) is 74.5 cm³/mol. The molecule has 102 valence electrons. The van der Waals surface area contributed by atoms with Crippen molar-refractivity contribution in [2.45, 2.75) is 39.3 Å². The summed E-state index contributed by atoms with van der Waals surface area (Å²) in [5, 5.41) is 7.93. The predicted octanol–water partition coefficient (Wildman–Crippen LogP) is 1.90. The van der Waals surface area contributed by atoms with Crippen LogP contribution in [0, 0.1) is 5.92 Å². The van der Waals surface area contributed by atoms with Crippen LogP contribution in [0.15, 0.2) is 12.3 Å². The van der Waals surface area contributed by atoms with Gasteiger partial charge in [-0.05, 0) is 58.8 Å². The van der Waals surface area contributed by atoms with Gasteiger partial charge < -0.3 is 5.32 Å². The van der Waals surface area contributed by atoms with Gasteiger partial charge in [0, 0.05) is 25.3 Å². The van der Waals surface area contributed by atoms with E-state index < -0.39 is 0 Å². The van der Waals surface area contributed by atoms with Crippen molar-refractivity contribution in [2.24, 2.45) is 5.92 Å². The summed E-state index contributed by atoms with van der Waals surface area (Å²) in [4.78, 5) is 2.54. The Balaban J connectivity index is 1.87. The zero-order valence-corrected chi connectivity index (χ0v) is 11.9. The van der Waals surface area contributed by atoms with Crippen molar-refractivity contribution in [2.75, 3.05) is 26.7 Å². The van der Waals surface area contributed by atoms with E-state index >= 15 is 0 Å². The maximum Gasteiger partial charge on any atom is 0.0764 e. The van der Waals surface area contributed by atoms with Crippen molar-refractivity contribution in [1.29, 1.82) is 0 Å². The standard InChI is InChI=1S/C14H26N4/c1-12(2)18-8-6-14(16-18)11-17-7-4-5-13(10-17)9-15-3/h6,8,12-13,15H,4-5,7,9-11H2,1-3H3. The second-order valence-corrected chi connectivity index (χ2v) is 5.68. The Kier molecular flexibility index (Phi) is 4.78. The quantitative estimate of drug-likeness (QED) is 0.866. The van der Waals surface area contributed by atoms with Crippen LogP contribution in [0.2, 0.25) is 0 Å². The molecule has 1 atom stereocenters. The minimum atomic E-state index is 0.456. The van der Waals surface area contributed by atoms with Crippen molar-refractivity contribution < 1.29 is 0 Å². The Hall–Kier alpha value is -0.870. The smallest absolute Gasteiger partial charge is 0.0764 e.